The van der Waals surface area contributed by atoms with E-state index in [2.05, 4.69) is 38.8 Å². The van der Waals surface area contributed by atoms with Gasteiger partial charge in [-0.1, -0.05) is 31.9 Å². The molecule has 14 heavy (non-hydrogen) atoms. The van der Waals surface area contributed by atoms with Crippen LogP contribution in [0.25, 0.3) is 0 Å². The first kappa shape index (κ1) is 10.2. The molecule has 0 aromatic carbocycles. The summed E-state index contributed by atoms with van der Waals surface area (Å²) >= 11 is 0. The van der Waals surface area contributed by atoms with Gasteiger partial charge in [-0.2, -0.15) is 0 Å². The van der Waals surface area contributed by atoms with Gasteiger partial charge >= 0.3 is 0 Å². The molecule has 2 aliphatic rings. The molecule has 0 aromatic heterocycles. The Balaban J connectivity index is 2.41. The van der Waals surface area contributed by atoms with E-state index in [9.17, 15) is 0 Å². The summed E-state index contributed by atoms with van der Waals surface area (Å²) in [5.41, 5.74) is 2.66. The molecule has 2 atom stereocenters. The summed E-state index contributed by atoms with van der Waals surface area (Å²) in [5, 5.41) is 0. The lowest BCUT2D eigenvalue weighted by atomic mass is 9.57. The van der Waals surface area contributed by atoms with E-state index in [0.717, 1.165) is 0 Å². The van der Waals surface area contributed by atoms with Crippen molar-refractivity contribution in [3.05, 3.63) is 11.6 Å². The standard InChI is InChI=1S/C13H23N/c1-5-11-12(2)7-6-8-13(11,3)10-14(4)9-12/h5H,6-10H2,1-4H3. The Hall–Kier alpha value is -0.300. The third-order valence-electron chi connectivity index (χ3n) is 4.28. The van der Waals surface area contributed by atoms with Crippen molar-refractivity contribution in [2.45, 2.75) is 40.0 Å². The van der Waals surface area contributed by atoms with Crippen LogP contribution in [0.5, 0.6) is 0 Å². The van der Waals surface area contributed by atoms with Gasteiger partial charge in [0.25, 0.3) is 0 Å². The van der Waals surface area contributed by atoms with E-state index in [1.807, 2.05) is 0 Å². The molecule has 2 rings (SSSR count). The monoisotopic (exact) mass is 193 g/mol. The summed E-state index contributed by atoms with van der Waals surface area (Å²) < 4.78 is 0. The van der Waals surface area contributed by atoms with E-state index in [4.69, 9.17) is 0 Å². The Bertz CT molecular complexity index is 246. The second-order valence-corrected chi connectivity index (χ2v) is 5.85. The highest BCUT2D eigenvalue weighted by Gasteiger charge is 2.48. The first-order chi connectivity index (χ1) is 6.50. The minimum absolute atomic E-state index is 0.467. The van der Waals surface area contributed by atoms with Crippen molar-refractivity contribution in [3.63, 3.8) is 0 Å². The quantitative estimate of drug-likeness (QED) is 0.534. The molecule has 2 fully saturated rings. The summed E-state index contributed by atoms with van der Waals surface area (Å²) in [6.07, 6.45) is 6.57. The van der Waals surface area contributed by atoms with E-state index < -0.39 is 0 Å². The van der Waals surface area contributed by atoms with Crippen molar-refractivity contribution >= 4 is 0 Å². The summed E-state index contributed by atoms with van der Waals surface area (Å²) in [5.74, 6) is 0. The van der Waals surface area contributed by atoms with Crippen LogP contribution in [-0.4, -0.2) is 25.0 Å². The fourth-order valence-corrected chi connectivity index (χ4v) is 4.14. The van der Waals surface area contributed by atoms with Gasteiger partial charge in [-0.3, -0.25) is 0 Å². The third kappa shape index (κ3) is 1.33. The highest BCUT2D eigenvalue weighted by molar-refractivity contribution is 5.27. The van der Waals surface area contributed by atoms with Crippen molar-refractivity contribution in [1.29, 1.82) is 0 Å². The SMILES string of the molecule is CC=C1C2(C)CCCC1(C)CN(C)C2. The topological polar surface area (TPSA) is 3.24 Å². The van der Waals surface area contributed by atoms with Crippen LogP contribution in [0.4, 0.5) is 0 Å². The van der Waals surface area contributed by atoms with E-state index in [1.54, 1.807) is 5.57 Å². The lowest BCUT2D eigenvalue weighted by Crippen LogP contribution is -2.53. The third-order valence-corrected chi connectivity index (χ3v) is 4.28. The predicted octanol–water partition coefficient (Wildman–Crippen LogP) is 3.07. The van der Waals surface area contributed by atoms with Gasteiger partial charge in [0.15, 0.2) is 0 Å². The minimum Gasteiger partial charge on any atom is -0.305 e. The molecule has 0 spiro atoms. The van der Waals surface area contributed by atoms with Gasteiger partial charge in [0.05, 0.1) is 0 Å². The molecule has 2 unspecified atom stereocenters. The number of allylic oxidation sites excluding steroid dienone is 1. The van der Waals surface area contributed by atoms with Crippen LogP contribution in [0.3, 0.4) is 0 Å². The maximum Gasteiger partial charge on any atom is 0.00702 e. The molecular formula is C13H23N. The van der Waals surface area contributed by atoms with Gasteiger partial charge in [0.2, 0.25) is 0 Å². The van der Waals surface area contributed by atoms with Crippen LogP contribution >= 0.6 is 0 Å². The molecule has 1 saturated heterocycles. The van der Waals surface area contributed by atoms with Crippen molar-refractivity contribution in [2.75, 3.05) is 20.1 Å². The molecule has 1 heterocycles. The Morgan fingerprint density at radius 2 is 1.64 bits per heavy atom. The Morgan fingerprint density at radius 1 is 1.14 bits per heavy atom. The van der Waals surface area contributed by atoms with Gasteiger partial charge in [-0.15, -0.1) is 0 Å². The number of rotatable bonds is 0. The number of likely N-dealkylation sites (tertiary alicyclic amines) is 1. The highest BCUT2D eigenvalue weighted by Crippen LogP contribution is 2.54. The van der Waals surface area contributed by atoms with Gasteiger partial charge in [0.1, 0.15) is 0 Å². The number of nitrogens with zero attached hydrogens (tertiary/aromatic N) is 1. The highest BCUT2D eigenvalue weighted by atomic mass is 15.1. The zero-order valence-corrected chi connectivity index (χ0v) is 10.1. The number of hydrogen-bond acceptors (Lipinski definition) is 1. The summed E-state index contributed by atoms with van der Waals surface area (Å²) in [7, 11) is 2.27. The first-order valence-corrected chi connectivity index (χ1v) is 5.86. The smallest absolute Gasteiger partial charge is 0.00702 e. The first-order valence-electron chi connectivity index (χ1n) is 5.86. The normalized spacial score (nSPS) is 43.9. The van der Waals surface area contributed by atoms with Crippen molar-refractivity contribution in [2.24, 2.45) is 10.8 Å². The summed E-state index contributed by atoms with van der Waals surface area (Å²) in [6, 6.07) is 0. The molecular weight excluding hydrogens is 170 g/mol. The van der Waals surface area contributed by atoms with Crippen molar-refractivity contribution in [1.82, 2.24) is 4.90 Å². The van der Waals surface area contributed by atoms with Gasteiger partial charge in [0, 0.05) is 23.9 Å². The lowest BCUT2D eigenvalue weighted by molar-refractivity contribution is 0.0469. The Morgan fingerprint density at radius 3 is 2.07 bits per heavy atom. The molecule has 1 saturated carbocycles. The maximum absolute atomic E-state index is 2.52. The molecule has 2 bridgehead atoms. The predicted molar refractivity (Wildman–Crippen MR) is 61.3 cm³/mol. The van der Waals surface area contributed by atoms with Crippen molar-refractivity contribution in [3.8, 4) is 0 Å². The molecule has 80 valence electrons. The van der Waals surface area contributed by atoms with Crippen LogP contribution in [0.15, 0.2) is 11.6 Å². The van der Waals surface area contributed by atoms with Gasteiger partial charge < -0.3 is 4.90 Å². The summed E-state index contributed by atoms with van der Waals surface area (Å²) in [4.78, 5) is 2.52. The number of hydrogen-bond donors (Lipinski definition) is 0. The van der Waals surface area contributed by atoms with Crippen LogP contribution in [0, 0.1) is 10.8 Å². The fourth-order valence-electron chi connectivity index (χ4n) is 4.14. The van der Waals surface area contributed by atoms with E-state index in [1.165, 1.54) is 32.4 Å². The van der Waals surface area contributed by atoms with E-state index in [0.29, 0.717) is 10.8 Å². The fraction of sp³-hybridized carbons (Fsp3) is 0.846. The Kier molecular flexibility index (Phi) is 2.26. The zero-order chi connectivity index (χ0) is 10.4. The average Bonchev–Trinajstić information content (AvgIpc) is 1.99. The second kappa shape index (κ2) is 3.10. The maximum atomic E-state index is 2.52. The molecule has 1 aliphatic heterocycles. The van der Waals surface area contributed by atoms with Gasteiger partial charge in [-0.25, -0.2) is 0 Å². The van der Waals surface area contributed by atoms with E-state index >= 15 is 0 Å². The van der Waals surface area contributed by atoms with Crippen molar-refractivity contribution < 1.29 is 0 Å². The second-order valence-electron chi connectivity index (χ2n) is 5.85. The van der Waals surface area contributed by atoms with Gasteiger partial charge in [-0.05, 0) is 26.8 Å². The molecule has 0 radical (unpaired) electrons. The largest absolute Gasteiger partial charge is 0.305 e. The van der Waals surface area contributed by atoms with E-state index in [-0.39, 0.29) is 0 Å². The molecule has 1 heteroatoms. The van der Waals surface area contributed by atoms with Crippen LogP contribution < -0.4 is 0 Å². The average molecular weight is 193 g/mol. The molecule has 1 aliphatic carbocycles. The molecule has 0 amide bonds. The zero-order valence-electron chi connectivity index (χ0n) is 10.1. The molecule has 0 aromatic rings. The van der Waals surface area contributed by atoms with Crippen LogP contribution in [0.2, 0.25) is 0 Å². The number of fused-ring (bicyclic) bond motifs is 2. The summed E-state index contributed by atoms with van der Waals surface area (Å²) in [6.45, 7) is 9.64. The van der Waals surface area contributed by atoms with Crippen LogP contribution in [-0.2, 0) is 0 Å². The minimum atomic E-state index is 0.467. The molecule has 0 N–H and O–H groups in total. The van der Waals surface area contributed by atoms with Crippen LogP contribution in [0.1, 0.15) is 40.0 Å². The lowest BCUT2D eigenvalue weighted by Gasteiger charge is -2.55. The Labute approximate surface area is 88.2 Å². The number of piperidine rings is 1. The molecule has 1 nitrogen and oxygen atoms in total.